The quantitative estimate of drug-likeness (QED) is 0.915. The number of anilines is 1. The topological polar surface area (TPSA) is 50.7 Å². The third kappa shape index (κ3) is 2.31. The minimum absolute atomic E-state index is 0.299. The lowest BCUT2D eigenvalue weighted by molar-refractivity contribution is 0.600. The Kier molecular flexibility index (Phi) is 3.07. The minimum atomic E-state index is -0.299. The molecular weight excluding hydrogens is 244 g/mol. The molecule has 0 fully saturated rings. The van der Waals surface area contributed by atoms with Crippen LogP contribution < -0.4 is 5.32 Å². The van der Waals surface area contributed by atoms with E-state index in [4.69, 9.17) is 11.6 Å². The van der Waals surface area contributed by atoms with Crippen molar-refractivity contribution < 1.29 is 0 Å². The van der Waals surface area contributed by atoms with Gasteiger partial charge in [-0.05, 0) is 13.8 Å². The Bertz CT molecular complexity index is 469. The van der Waals surface area contributed by atoms with Gasteiger partial charge in [0.1, 0.15) is 22.2 Å². The number of hydrogen-bond donors (Lipinski definition) is 1. The summed E-state index contributed by atoms with van der Waals surface area (Å²) in [5, 5.41) is 6.69. The Morgan fingerprint density at radius 2 is 2.19 bits per heavy atom. The fourth-order valence-electron chi connectivity index (χ4n) is 1.29. The largest absolute Gasteiger partial charge is 0.357 e. The van der Waals surface area contributed by atoms with Crippen molar-refractivity contribution in [1.29, 1.82) is 0 Å². The SMILES string of the molecule is CC(C)(Nc1ncncc1Cl)c1nccs1. The van der Waals surface area contributed by atoms with E-state index in [0.717, 1.165) is 5.01 Å². The molecule has 0 amide bonds. The normalized spacial score (nSPS) is 11.4. The van der Waals surface area contributed by atoms with Crippen molar-refractivity contribution in [2.45, 2.75) is 19.4 Å². The van der Waals surface area contributed by atoms with E-state index in [1.807, 2.05) is 19.2 Å². The van der Waals surface area contributed by atoms with E-state index in [1.54, 1.807) is 23.7 Å². The molecule has 2 rings (SSSR count). The lowest BCUT2D eigenvalue weighted by Crippen LogP contribution is -2.28. The summed E-state index contributed by atoms with van der Waals surface area (Å²) in [5.74, 6) is 0.622. The van der Waals surface area contributed by atoms with Gasteiger partial charge < -0.3 is 5.32 Å². The zero-order chi connectivity index (χ0) is 11.6. The van der Waals surface area contributed by atoms with E-state index in [9.17, 15) is 0 Å². The molecule has 0 spiro atoms. The Labute approximate surface area is 103 Å². The highest BCUT2D eigenvalue weighted by Gasteiger charge is 2.24. The number of nitrogens with zero attached hydrogens (tertiary/aromatic N) is 3. The van der Waals surface area contributed by atoms with Crippen molar-refractivity contribution in [3.63, 3.8) is 0 Å². The average Bonchev–Trinajstić information content (AvgIpc) is 2.75. The summed E-state index contributed by atoms with van der Waals surface area (Å²) in [4.78, 5) is 12.2. The Morgan fingerprint density at radius 3 is 2.81 bits per heavy atom. The molecule has 0 unspecified atom stereocenters. The summed E-state index contributed by atoms with van der Waals surface area (Å²) in [6.45, 7) is 4.06. The molecule has 1 N–H and O–H groups in total. The Balaban J connectivity index is 2.25. The van der Waals surface area contributed by atoms with Gasteiger partial charge in [-0.25, -0.2) is 15.0 Å². The van der Waals surface area contributed by atoms with Crippen LogP contribution in [0.1, 0.15) is 18.9 Å². The summed E-state index contributed by atoms with van der Waals surface area (Å²) in [6, 6.07) is 0. The molecule has 2 aromatic heterocycles. The van der Waals surface area contributed by atoms with Gasteiger partial charge in [0.2, 0.25) is 0 Å². The second-order valence-corrected chi connectivity index (χ2v) is 5.11. The summed E-state index contributed by atoms with van der Waals surface area (Å²) < 4.78 is 0. The number of rotatable bonds is 3. The Hall–Kier alpha value is -1.20. The standard InChI is InChI=1S/C10H11ClN4S/c1-10(2,9-13-3-4-16-9)15-8-7(11)5-12-6-14-8/h3-6H,1-2H3,(H,12,14,15). The molecule has 0 saturated heterocycles. The summed E-state index contributed by atoms with van der Waals surface area (Å²) in [6.07, 6.45) is 4.81. The van der Waals surface area contributed by atoms with Crippen molar-refractivity contribution in [2.24, 2.45) is 0 Å². The average molecular weight is 255 g/mol. The number of halogens is 1. The molecule has 0 aromatic carbocycles. The third-order valence-electron chi connectivity index (χ3n) is 2.07. The van der Waals surface area contributed by atoms with Gasteiger partial charge in [-0.3, -0.25) is 0 Å². The van der Waals surface area contributed by atoms with Crippen LogP contribution in [0, 0.1) is 0 Å². The van der Waals surface area contributed by atoms with Gasteiger partial charge in [0.15, 0.2) is 0 Å². The van der Waals surface area contributed by atoms with Crippen molar-refractivity contribution in [2.75, 3.05) is 5.32 Å². The van der Waals surface area contributed by atoms with Gasteiger partial charge in [0.05, 0.1) is 11.7 Å². The molecular formula is C10H11ClN4S. The summed E-state index contributed by atoms with van der Waals surface area (Å²) in [5.41, 5.74) is -0.299. The second kappa shape index (κ2) is 4.35. The van der Waals surface area contributed by atoms with E-state index in [0.29, 0.717) is 10.8 Å². The van der Waals surface area contributed by atoms with Gasteiger partial charge >= 0.3 is 0 Å². The molecule has 0 aliphatic carbocycles. The van der Waals surface area contributed by atoms with Crippen LogP contribution in [0.15, 0.2) is 24.1 Å². The van der Waals surface area contributed by atoms with Crippen LogP contribution in [0.4, 0.5) is 5.82 Å². The van der Waals surface area contributed by atoms with Gasteiger partial charge in [-0.15, -0.1) is 11.3 Å². The molecule has 0 radical (unpaired) electrons. The van der Waals surface area contributed by atoms with Crippen molar-refractivity contribution in [3.05, 3.63) is 34.1 Å². The third-order valence-corrected chi connectivity index (χ3v) is 3.44. The van der Waals surface area contributed by atoms with Crippen LogP contribution in [-0.4, -0.2) is 15.0 Å². The van der Waals surface area contributed by atoms with Crippen LogP contribution in [0.25, 0.3) is 0 Å². The van der Waals surface area contributed by atoms with Crippen molar-refractivity contribution >= 4 is 28.8 Å². The summed E-state index contributed by atoms with van der Waals surface area (Å²) in [7, 11) is 0. The maximum absolute atomic E-state index is 5.99. The van der Waals surface area contributed by atoms with E-state index < -0.39 is 0 Å². The molecule has 0 saturated carbocycles. The van der Waals surface area contributed by atoms with Gasteiger partial charge in [0.25, 0.3) is 0 Å². The molecule has 0 aliphatic rings. The maximum Gasteiger partial charge on any atom is 0.148 e. The molecule has 16 heavy (non-hydrogen) atoms. The first-order valence-electron chi connectivity index (χ1n) is 4.73. The molecule has 2 aromatic rings. The van der Waals surface area contributed by atoms with Gasteiger partial charge in [0, 0.05) is 11.6 Å². The zero-order valence-electron chi connectivity index (χ0n) is 8.94. The molecule has 84 valence electrons. The molecule has 6 heteroatoms. The predicted octanol–water partition coefficient (Wildman–Crippen LogP) is 2.93. The van der Waals surface area contributed by atoms with E-state index in [1.165, 1.54) is 6.33 Å². The number of thiazole rings is 1. The van der Waals surface area contributed by atoms with Crippen molar-refractivity contribution in [3.8, 4) is 0 Å². The van der Waals surface area contributed by atoms with Crippen LogP contribution in [-0.2, 0) is 5.54 Å². The monoisotopic (exact) mass is 254 g/mol. The highest BCUT2D eigenvalue weighted by atomic mass is 35.5. The molecule has 0 atom stereocenters. The van der Waals surface area contributed by atoms with Gasteiger partial charge in [-0.1, -0.05) is 11.6 Å². The minimum Gasteiger partial charge on any atom is -0.357 e. The maximum atomic E-state index is 5.99. The van der Waals surface area contributed by atoms with Crippen LogP contribution in [0.5, 0.6) is 0 Å². The van der Waals surface area contributed by atoms with E-state index >= 15 is 0 Å². The Morgan fingerprint density at radius 1 is 1.38 bits per heavy atom. The molecule has 2 heterocycles. The fourth-order valence-corrected chi connectivity index (χ4v) is 2.16. The van der Waals surface area contributed by atoms with E-state index in [-0.39, 0.29) is 5.54 Å². The van der Waals surface area contributed by atoms with E-state index in [2.05, 4.69) is 20.3 Å². The summed E-state index contributed by atoms with van der Waals surface area (Å²) >= 11 is 7.58. The fraction of sp³-hybridized carbons (Fsp3) is 0.300. The first-order chi connectivity index (χ1) is 7.59. The smallest absolute Gasteiger partial charge is 0.148 e. The number of aromatic nitrogens is 3. The highest BCUT2D eigenvalue weighted by molar-refractivity contribution is 7.09. The van der Waals surface area contributed by atoms with Gasteiger partial charge in [-0.2, -0.15) is 0 Å². The molecule has 4 nitrogen and oxygen atoms in total. The predicted molar refractivity (Wildman–Crippen MR) is 65.8 cm³/mol. The van der Waals surface area contributed by atoms with Crippen molar-refractivity contribution in [1.82, 2.24) is 15.0 Å². The molecule has 0 aliphatic heterocycles. The van der Waals surface area contributed by atoms with Crippen LogP contribution >= 0.6 is 22.9 Å². The first kappa shape index (κ1) is 11.3. The molecule has 0 bridgehead atoms. The number of hydrogen-bond acceptors (Lipinski definition) is 5. The van der Waals surface area contributed by atoms with Crippen LogP contribution in [0.3, 0.4) is 0 Å². The first-order valence-corrected chi connectivity index (χ1v) is 5.99. The number of nitrogens with one attached hydrogen (secondary N) is 1. The highest BCUT2D eigenvalue weighted by Crippen LogP contribution is 2.28. The van der Waals surface area contributed by atoms with Crippen LogP contribution in [0.2, 0.25) is 5.02 Å². The zero-order valence-corrected chi connectivity index (χ0v) is 10.5. The lowest BCUT2D eigenvalue weighted by Gasteiger charge is -2.24. The second-order valence-electron chi connectivity index (χ2n) is 3.81. The lowest BCUT2D eigenvalue weighted by atomic mass is 10.1.